The number of aliphatic hydroxyl groups is 2. The molecule has 110 valence electrons. The molecule has 0 radical (unpaired) electrons. The van der Waals surface area contributed by atoms with Gasteiger partial charge in [-0.2, -0.15) is 0 Å². The van der Waals surface area contributed by atoms with E-state index in [0.29, 0.717) is 24.9 Å². The summed E-state index contributed by atoms with van der Waals surface area (Å²) in [6, 6.07) is 3.93. The average molecular weight is 277 g/mol. The summed E-state index contributed by atoms with van der Waals surface area (Å²) in [6.07, 6.45) is 1.26. The normalized spacial score (nSPS) is 22.9. The second kappa shape index (κ2) is 5.54. The molecule has 1 saturated heterocycles. The van der Waals surface area contributed by atoms with Crippen LogP contribution in [0.2, 0.25) is 0 Å². The van der Waals surface area contributed by atoms with Crippen LogP contribution in [-0.4, -0.2) is 46.3 Å². The molecule has 1 unspecified atom stereocenters. The number of aryl methyl sites for hydroxylation is 3. The van der Waals surface area contributed by atoms with E-state index in [-0.39, 0.29) is 19.1 Å². The molecule has 1 aromatic carbocycles. The first-order valence-corrected chi connectivity index (χ1v) is 7.07. The molecule has 2 N–H and O–H groups in total. The maximum atomic E-state index is 12.6. The van der Waals surface area contributed by atoms with Crippen LogP contribution in [0.3, 0.4) is 0 Å². The lowest BCUT2D eigenvalue weighted by molar-refractivity contribution is -0.0598. The Labute approximate surface area is 120 Å². The number of hydrogen-bond acceptors (Lipinski definition) is 3. The number of rotatable bonds is 2. The number of aliphatic hydroxyl groups excluding tert-OH is 1. The third-order valence-electron chi connectivity index (χ3n) is 4.21. The van der Waals surface area contributed by atoms with Gasteiger partial charge in [0.1, 0.15) is 5.60 Å². The summed E-state index contributed by atoms with van der Waals surface area (Å²) >= 11 is 0. The Balaban J connectivity index is 2.25. The molecule has 0 bridgehead atoms. The van der Waals surface area contributed by atoms with Crippen LogP contribution in [-0.2, 0) is 0 Å². The summed E-state index contributed by atoms with van der Waals surface area (Å²) in [4.78, 5) is 14.3. The molecule has 1 fully saturated rings. The SMILES string of the molecule is Cc1cc(C)c(C(=O)N2CCCC(O)(CO)C2)cc1C. The minimum atomic E-state index is -1.15. The molecule has 1 amide bonds. The minimum Gasteiger partial charge on any atom is -0.393 e. The van der Waals surface area contributed by atoms with Crippen LogP contribution in [0.4, 0.5) is 0 Å². The van der Waals surface area contributed by atoms with Crippen molar-refractivity contribution < 1.29 is 15.0 Å². The maximum absolute atomic E-state index is 12.6. The molecule has 0 aliphatic carbocycles. The van der Waals surface area contributed by atoms with Crippen molar-refractivity contribution in [1.82, 2.24) is 4.90 Å². The lowest BCUT2D eigenvalue weighted by atomic mass is 9.92. The molecule has 2 rings (SSSR count). The van der Waals surface area contributed by atoms with Gasteiger partial charge in [-0.05, 0) is 56.4 Å². The van der Waals surface area contributed by atoms with Gasteiger partial charge in [0.05, 0.1) is 13.2 Å². The topological polar surface area (TPSA) is 60.8 Å². The highest BCUT2D eigenvalue weighted by molar-refractivity contribution is 5.96. The van der Waals surface area contributed by atoms with Crippen molar-refractivity contribution in [2.45, 2.75) is 39.2 Å². The monoisotopic (exact) mass is 277 g/mol. The summed E-state index contributed by atoms with van der Waals surface area (Å²) in [6.45, 7) is 6.49. The molecule has 0 saturated carbocycles. The fourth-order valence-electron chi connectivity index (χ4n) is 2.78. The second-order valence-electron chi connectivity index (χ2n) is 5.96. The van der Waals surface area contributed by atoms with E-state index in [9.17, 15) is 15.0 Å². The lowest BCUT2D eigenvalue weighted by Crippen LogP contribution is -2.52. The highest BCUT2D eigenvalue weighted by Gasteiger charge is 2.35. The molecule has 1 aliphatic rings. The van der Waals surface area contributed by atoms with E-state index in [0.717, 1.165) is 11.1 Å². The van der Waals surface area contributed by atoms with E-state index in [2.05, 4.69) is 0 Å². The van der Waals surface area contributed by atoms with Gasteiger partial charge in [0.25, 0.3) is 5.91 Å². The highest BCUT2D eigenvalue weighted by atomic mass is 16.3. The van der Waals surface area contributed by atoms with Gasteiger partial charge in [-0.3, -0.25) is 4.79 Å². The number of carbonyl (C=O) groups excluding carboxylic acids is 1. The van der Waals surface area contributed by atoms with Crippen LogP contribution in [0, 0.1) is 20.8 Å². The average Bonchev–Trinajstić information content (AvgIpc) is 2.42. The van der Waals surface area contributed by atoms with Gasteiger partial charge < -0.3 is 15.1 Å². The first-order valence-electron chi connectivity index (χ1n) is 7.07. The van der Waals surface area contributed by atoms with Gasteiger partial charge in [0.15, 0.2) is 0 Å². The predicted octanol–water partition coefficient (Wildman–Crippen LogP) is 1.57. The van der Waals surface area contributed by atoms with Crippen LogP contribution in [0.1, 0.15) is 39.9 Å². The standard InChI is InChI=1S/C16H23NO3/c1-11-7-13(3)14(8-12(11)2)15(19)17-6-4-5-16(20,9-17)10-18/h7-8,18,20H,4-6,9-10H2,1-3H3. The maximum Gasteiger partial charge on any atom is 0.254 e. The van der Waals surface area contributed by atoms with Crippen LogP contribution in [0.25, 0.3) is 0 Å². The van der Waals surface area contributed by atoms with Gasteiger partial charge >= 0.3 is 0 Å². The number of benzene rings is 1. The zero-order valence-electron chi connectivity index (χ0n) is 12.4. The summed E-state index contributed by atoms with van der Waals surface area (Å²) in [7, 11) is 0. The minimum absolute atomic E-state index is 0.0582. The molecule has 1 atom stereocenters. The highest BCUT2D eigenvalue weighted by Crippen LogP contribution is 2.24. The Hall–Kier alpha value is -1.39. The first kappa shape index (κ1) is 15.0. The zero-order valence-corrected chi connectivity index (χ0v) is 12.4. The number of amides is 1. The van der Waals surface area contributed by atoms with E-state index < -0.39 is 5.60 Å². The van der Waals surface area contributed by atoms with E-state index in [1.165, 1.54) is 5.56 Å². The molecule has 4 heteroatoms. The summed E-state index contributed by atoms with van der Waals surface area (Å²) < 4.78 is 0. The molecule has 1 aromatic rings. The number of nitrogens with zero attached hydrogens (tertiary/aromatic N) is 1. The van der Waals surface area contributed by atoms with Crippen molar-refractivity contribution in [3.8, 4) is 0 Å². The Morgan fingerprint density at radius 3 is 2.55 bits per heavy atom. The van der Waals surface area contributed by atoms with Gasteiger partial charge in [-0.1, -0.05) is 6.07 Å². The Kier molecular flexibility index (Phi) is 4.16. The number of β-amino-alcohol motifs (C(OH)–C–C–N with tert-alkyl or cyclic N) is 1. The largest absolute Gasteiger partial charge is 0.393 e. The number of hydrogen-bond donors (Lipinski definition) is 2. The molecule has 1 aliphatic heterocycles. The van der Waals surface area contributed by atoms with Crippen LogP contribution >= 0.6 is 0 Å². The van der Waals surface area contributed by atoms with E-state index >= 15 is 0 Å². The van der Waals surface area contributed by atoms with Crippen molar-refractivity contribution >= 4 is 5.91 Å². The summed E-state index contributed by atoms with van der Waals surface area (Å²) in [5.41, 5.74) is 2.76. The first-order chi connectivity index (χ1) is 9.36. The van der Waals surface area contributed by atoms with Crippen LogP contribution in [0.15, 0.2) is 12.1 Å². The Morgan fingerprint density at radius 2 is 1.90 bits per heavy atom. The molecular formula is C16H23NO3. The van der Waals surface area contributed by atoms with Crippen molar-refractivity contribution in [2.75, 3.05) is 19.7 Å². The third kappa shape index (κ3) is 2.86. The number of piperidine rings is 1. The van der Waals surface area contributed by atoms with Crippen molar-refractivity contribution in [2.24, 2.45) is 0 Å². The van der Waals surface area contributed by atoms with Crippen LogP contribution < -0.4 is 0 Å². The summed E-state index contributed by atoms with van der Waals surface area (Å²) in [5.74, 6) is -0.0582. The Bertz CT molecular complexity index is 527. The lowest BCUT2D eigenvalue weighted by Gasteiger charge is -2.38. The van der Waals surface area contributed by atoms with Crippen LogP contribution in [0.5, 0.6) is 0 Å². The third-order valence-corrected chi connectivity index (χ3v) is 4.21. The van der Waals surface area contributed by atoms with Crippen molar-refractivity contribution in [1.29, 1.82) is 0 Å². The molecule has 1 heterocycles. The van der Waals surface area contributed by atoms with Gasteiger partial charge in [0, 0.05) is 12.1 Å². The number of carbonyl (C=O) groups is 1. The fourth-order valence-corrected chi connectivity index (χ4v) is 2.78. The van der Waals surface area contributed by atoms with Gasteiger partial charge in [0.2, 0.25) is 0 Å². The second-order valence-corrected chi connectivity index (χ2v) is 5.96. The fraction of sp³-hybridized carbons (Fsp3) is 0.562. The molecule has 0 spiro atoms. The van der Waals surface area contributed by atoms with Gasteiger partial charge in [-0.25, -0.2) is 0 Å². The number of likely N-dealkylation sites (tertiary alicyclic amines) is 1. The molecular weight excluding hydrogens is 254 g/mol. The predicted molar refractivity (Wildman–Crippen MR) is 77.8 cm³/mol. The van der Waals surface area contributed by atoms with E-state index in [1.807, 2.05) is 32.9 Å². The van der Waals surface area contributed by atoms with Crippen molar-refractivity contribution in [3.05, 3.63) is 34.4 Å². The Morgan fingerprint density at radius 1 is 1.25 bits per heavy atom. The van der Waals surface area contributed by atoms with Gasteiger partial charge in [-0.15, -0.1) is 0 Å². The van der Waals surface area contributed by atoms with Crippen molar-refractivity contribution in [3.63, 3.8) is 0 Å². The quantitative estimate of drug-likeness (QED) is 0.862. The molecule has 4 nitrogen and oxygen atoms in total. The van der Waals surface area contributed by atoms with E-state index in [4.69, 9.17) is 0 Å². The molecule has 20 heavy (non-hydrogen) atoms. The van der Waals surface area contributed by atoms with E-state index in [1.54, 1.807) is 4.90 Å². The summed E-state index contributed by atoms with van der Waals surface area (Å²) in [5, 5.41) is 19.4. The molecule has 0 aromatic heterocycles. The zero-order chi connectivity index (χ0) is 14.9. The smallest absolute Gasteiger partial charge is 0.254 e.